The van der Waals surface area contributed by atoms with Gasteiger partial charge in [-0.05, 0) is 97.1 Å². The summed E-state index contributed by atoms with van der Waals surface area (Å²) in [5.74, 6) is 0.0937. The van der Waals surface area contributed by atoms with Crippen molar-refractivity contribution in [1.29, 1.82) is 0 Å². The number of rotatable bonds is 9. The van der Waals surface area contributed by atoms with Crippen LogP contribution in [0.3, 0.4) is 0 Å². The number of para-hydroxylation sites is 4. The molecular weight excluding hydrogens is 740 g/mol. The first kappa shape index (κ1) is 37.9. The van der Waals surface area contributed by atoms with E-state index >= 15 is 0 Å². The Hall–Kier alpha value is -6.82. The number of nitrogens with one attached hydrogen (secondary N) is 1. The van der Waals surface area contributed by atoms with E-state index in [0.29, 0.717) is 16.7 Å². The molecule has 0 saturated heterocycles. The van der Waals surface area contributed by atoms with Gasteiger partial charge in [-0.2, -0.15) is 0 Å². The predicted molar refractivity (Wildman–Crippen MR) is 231 cm³/mol. The zero-order valence-electron chi connectivity index (χ0n) is 30.1. The molecule has 8 aromatic carbocycles. The van der Waals surface area contributed by atoms with Gasteiger partial charge in [0.2, 0.25) is 0 Å². The Morgan fingerprint density at radius 3 is 0.964 bits per heavy atom. The lowest BCUT2D eigenvalue weighted by Crippen LogP contribution is -2.10. The summed E-state index contributed by atoms with van der Waals surface area (Å²) in [6.07, 6.45) is 0. The fourth-order valence-corrected chi connectivity index (χ4v) is 5.95. The molecule has 0 aromatic heterocycles. The monoisotopic (exact) mass is 778 g/mol. The highest BCUT2D eigenvalue weighted by atomic mass is 79.9. The van der Waals surface area contributed by atoms with Gasteiger partial charge in [0.1, 0.15) is 0 Å². The molecule has 8 aromatic rings. The molecule has 0 atom stereocenters. The summed E-state index contributed by atoms with van der Waals surface area (Å²) in [4.78, 5) is 26.8. The lowest BCUT2D eigenvalue weighted by Gasteiger charge is -2.25. The Morgan fingerprint density at radius 1 is 0.327 bits per heavy atom. The zero-order chi connectivity index (χ0) is 38.1. The van der Waals surface area contributed by atoms with Crippen molar-refractivity contribution in [2.75, 3.05) is 10.2 Å². The normalized spacial score (nSPS) is 10.1. The van der Waals surface area contributed by atoms with E-state index in [1.807, 2.05) is 206 Å². The Bertz CT molecular complexity index is 2260. The second-order valence-electron chi connectivity index (χ2n) is 12.3. The third-order valence-electron chi connectivity index (χ3n) is 8.43. The van der Waals surface area contributed by atoms with Crippen molar-refractivity contribution in [3.8, 4) is 0 Å². The first-order valence-corrected chi connectivity index (χ1v) is 18.7. The third-order valence-corrected chi connectivity index (χ3v) is 8.96. The Labute approximate surface area is 331 Å². The van der Waals surface area contributed by atoms with E-state index in [1.165, 1.54) is 0 Å². The molecular formula is C50H39BrN2O2. The quantitative estimate of drug-likeness (QED) is 0.148. The summed E-state index contributed by atoms with van der Waals surface area (Å²) < 4.78 is 0.979. The summed E-state index contributed by atoms with van der Waals surface area (Å²) in [6, 6.07) is 74.5. The van der Waals surface area contributed by atoms with Crippen LogP contribution in [0.15, 0.2) is 235 Å². The highest BCUT2D eigenvalue weighted by molar-refractivity contribution is 9.10. The number of halogens is 1. The second kappa shape index (κ2) is 19.9. The standard InChI is InChI=1S/C25H19NO.C13H9BrO.C12H11N/c27-25(20-10-4-1-5-11-20)21-16-18-24(19-17-21)26(22-12-6-2-7-13-22)23-14-8-3-9-15-23;14-12-8-6-11(7-9-12)13(15)10-4-2-1-3-5-10;1-3-7-11(8-4-1)13-12-9-5-2-6-10-12/h1-19H;1-9H;1-10,13H. The Balaban J connectivity index is 0.000000155. The van der Waals surface area contributed by atoms with E-state index in [-0.39, 0.29) is 11.6 Å². The van der Waals surface area contributed by atoms with E-state index in [1.54, 1.807) is 0 Å². The molecule has 0 aliphatic heterocycles. The van der Waals surface area contributed by atoms with Crippen LogP contribution in [0, 0.1) is 0 Å². The molecule has 0 fully saturated rings. The lowest BCUT2D eigenvalue weighted by atomic mass is 10.0. The van der Waals surface area contributed by atoms with Gasteiger partial charge < -0.3 is 10.2 Å². The highest BCUT2D eigenvalue weighted by Crippen LogP contribution is 2.34. The molecule has 1 N–H and O–H groups in total. The van der Waals surface area contributed by atoms with Gasteiger partial charge in [0.25, 0.3) is 0 Å². The molecule has 0 bridgehead atoms. The first-order valence-electron chi connectivity index (χ1n) is 17.9. The van der Waals surface area contributed by atoms with Gasteiger partial charge in [-0.25, -0.2) is 0 Å². The average molecular weight is 780 g/mol. The van der Waals surface area contributed by atoms with Gasteiger partial charge >= 0.3 is 0 Å². The van der Waals surface area contributed by atoms with Crippen LogP contribution < -0.4 is 10.2 Å². The minimum Gasteiger partial charge on any atom is -0.356 e. The van der Waals surface area contributed by atoms with Crippen LogP contribution in [-0.2, 0) is 0 Å². The summed E-state index contributed by atoms with van der Waals surface area (Å²) in [5.41, 5.74) is 8.22. The molecule has 55 heavy (non-hydrogen) atoms. The molecule has 0 amide bonds. The van der Waals surface area contributed by atoms with E-state index in [9.17, 15) is 9.59 Å². The maximum absolute atomic E-state index is 12.7. The van der Waals surface area contributed by atoms with E-state index in [0.717, 1.165) is 38.5 Å². The number of carbonyl (C=O) groups is 2. The van der Waals surface area contributed by atoms with Gasteiger partial charge in [-0.15, -0.1) is 0 Å². The SMILES string of the molecule is O=C(c1ccccc1)c1ccc(Br)cc1.O=C(c1ccccc1)c1ccc(N(c2ccccc2)c2ccccc2)cc1.c1ccc(Nc2ccccc2)cc1. The number of hydrogen-bond donors (Lipinski definition) is 1. The Kier molecular flexibility index (Phi) is 13.7. The van der Waals surface area contributed by atoms with Gasteiger partial charge in [-0.1, -0.05) is 149 Å². The fraction of sp³-hybridized carbons (Fsp3) is 0. The molecule has 0 aliphatic rings. The maximum Gasteiger partial charge on any atom is 0.193 e. The fourth-order valence-electron chi connectivity index (χ4n) is 5.69. The lowest BCUT2D eigenvalue weighted by molar-refractivity contribution is 0.103. The van der Waals surface area contributed by atoms with Crippen LogP contribution in [0.2, 0.25) is 0 Å². The Morgan fingerprint density at radius 2 is 0.600 bits per heavy atom. The van der Waals surface area contributed by atoms with Crippen molar-refractivity contribution >= 4 is 55.9 Å². The summed E-state index contributed by atoms with van der Waals surface area (Å²) in [7, 11) is 0. The summed E-state index contributed by atoms with van der Waals surface area (Å²) in [6.45, 7) is 0. The maximum atomic E-state index is 12.7. The van der Waals surface area contributed by atoms with Crippen LogP contribution in [0.1, 0.15) is 31.8 Å². The zero-order valence-corrected chi connectivity index (χ0v) is 31.7. The smallest absolute Gasteiger partial charge is 0.193 e. The van der Waals surface area contributed by atoms with Crippen molar-refractivity contribution in [2.24, 2.45) is 0 Å². The minimum atomic E-state index is 0.0353. The molecule has 8 rings (SSSR count). The number of hydrogen-bond acceptors (Lipinski definition) is 4. The molecule has 0 radical (unpaired) electrons. The van der Waals surface area contributed by atoms with Crippen molar-refractivity contribution < 1.29 is 9.59 Å². The van der Waals surface area contributed by atoms with Gasteiger partial charge in [0.15, 0.2) is 11.6 Å². The summed E-state index contributed by atoms with van der Waals surface area (Å²) >= 11 is 3.34. The van der Waals surface area contributed by atoms with E-state index in [2.05, 4.69) is 50.4 Å². The molecule has 0 saturated carbocycles. The number of ketones is 2. The number of benzene rings is 8. The van der Waals surface area contributed by atoms with Gasteiger partial charge in [0.05, 0.1) is 0 Å². The third kappa shape index (κ3) is 11.1. The van der Waals surface area contributed by atoms with E-state index < -0.39 is 0 Å². The van der Waals surface area contributed by atoms with Crippen LogP contribution in [-0.4, -0.2) is 11.6 Å². The average Bonchev–Trinajstić information content (AvgIpc) is 3.26. The predicted octanol–water partition coefficient (Wildman–Crippen LogP) is 13.5. The van der Waals surface area contributed by atoms with Crippen molar-refractivity contribution in [1.82, 2.24) is 0 Å². The van der Waals surface area contributed by atoms with Crippen molar-refractivity contribution in [3.63, 3.8) is 0 Å². The molecule has 0 aliphatic carbocycles. The van der Waals surface area contributed by atoms with Gasteiger partial charge in [-0.3, -0.25) is 9.59 Å². The second-order valence-corrected chi connectivity index (χ2v) is 13.2. The van der Waals surface area contributed by atoms with Crippen LogP contribution in [0.25, 0.3) is 0 Å². The molecule has 0 spiro atoms. The number of anilines is 5. The number of nitrogens with zero attached hydrogens (tertiary/aromatic N) is 1. The molecule has 5 heteroatoms. The first-order chi connectivity index (χ1) is 27.0. The molecule has 0 unspecified atom stereocenters. The van der Waals surface area contributed by atoms with E-state index in [4.69, 9.17) is 0 Å². The number of carbonyl (C=O) groups excluding carboxylic acids is 2. The van der Waals surface area contributed by atoms with Crippen LogP contribution in [0.5, 0.6) is 0 Å². The van der Waals surface area contributed by atoms with Crippen molar-refractivity contribution in [3.05, 3.63) is 257 Å². The highest BCUT2D eigenvalue weighted by Gasteiger charge is 2.14. The topological polar surface area (TPSA) is 49.4 Å². The largest absolute Gasteiger partial charge is 0.356 e. The van der Waals surface area contributed by atoms with Crippen LogP contribution >= 0.6 is 15.9 Å². The molecule has 0 heterocycles. The van der Waals surface area contributed by atoms with Crippen molar-refractivity contribution in [2.45, 2.75) is 0 Å². The summed E-state index contributed by atoms with van der Waals surface area (Å²) in [5, 5.41) is 3.30. The van der Waals surface area contributed by atoms with Crippen LogP contribution in [0.4, 0.5) is 28.4 Å². The van der Waals surface area contributed by atoms with Gasteiger partial charge in [0, 0.05) is 55.2 Å². The minimum absolute atomic E-state index is 0.0353. The molecule has 268 valence electrons. The molecule has 4 nitrogen and oxygen atoms in total.